The second kappa shape index (κ2) is 15.1. The van der Waals surface area contributed by atoms with Crippen molar-refractivity contribution in [1.29, 1.82) is 0 Å². The molecule has 0 saturated heterocycles. The van der Waals surface area contributed by atoms with Crippen LogP contribution in [0, 0.1) is 5.92 Å². The minimum absolute atomic E-state index is 0.0556. The summed E-state index contributed by atoms with van der Waals surface area (Å²) < 4.78 is 0. The maximum atomic E-state index is 13.0. The molecule has 1 aromatic carbocycles. The number of benzene rings is 1. The maximum absolute atomic E-state index is 13.0. The van der Waals surface area contributed by atoms with E-state index in [1.54, 1.807) is 38.1 Å². The van der Waals surface area contributed by atoms with E-state index in [0.29, 0.717) is 24.3 Å². The molecule has 0 spiro atoms. The molecule has 0 radical (unpaired) electrons. The van der Waals surface area contributed by atoms with Crippen molar-refractivity contribution in [2.45, 2.75) is 65.1 Å². The highest BCUT2D eigenvalue weighted by Gasteiger charge is 2.30. The Labute approximate surface area is 205 Å². The van der Waals surface area contributed by atoms with E-state index in [4.69, 9.17) is 0 Å². The molecule has 0 aromatic heterocycles. The summed E-state index contributed by atoms with van der Waals surface area (Å²) in [6.07, 6.45) is 2.67. The lowest BCUT2D eigenvalue weighted by molar-refractivity contribution is -0.142. The molecule has 188 valence electrons. The molecular weight excluding hydrogens is 456 g/mol. The minimum atomic E-state index is -1.16. The normalized spacial score (nSPS) is 13.4. The smallest absolute Gasteiger partial charge is 0.341 e. The largest absolute Gasteiger partial charge is 0.480 e. The molecule has 9 nitrogen and oxygen atoms in total. The summed E-state index contributed by atoms with van der Waals surface area (Å²) in [5.74, 6) is -1.58. The third-order valence-corrected chi connectivity index (χ3v) is 5.43. The maximum Gasteiger partial charge on any atom is 0.341 e. The third kappa shape index (κ3) is 11.3. The van der Waals surface area contributed by atoms with Crippen LogP contribution in [-0.4, -0.2) is 64.8 Å². The summed E-state index contributed by atoms with van der Waals surface area (Å²) in [7, 11) is 0. The molecule has 0 fully saturated rings. The van der Waals surface area contributed by atoms with E-state index in [9.17, 15) is 24.3 Å². The fourth-order valence-electron chi connectivity index (χ4n) is 3.19. The molecule has 0 aliphatic heterocycles. The number of nitrogens with one attached hydrogen (secondary N) is 3. The van der Waals surface area contributed by atoms with Crippen LogP contribution in [0.4, 0.5) is 4.79 Å². The lowest BCUT2D eigenvalue weighted by Gasteiger charge is -2.25. The number of carboxylic acid groups (broad SMARTS) is 1. The SMILES string of the molecule is CSCC[C@H](NC(=O)N=C(C)C)C(=O)N[C@@H](CC(C)C)C(=O)N[C@@H](Cc1ccccc1)C(=O)O. The van der Waals surface area contributed by atoms with E-state index in [1.807, 2.05) is 26.2 Å². The number of aliphatic carboxylic acids is 1. The Morgan fingerprint density at radius 3 is 2.06 bits per heavy atom. The number of carbonyl (C=O) groups is 4. The standard InChI is InChI=1S/C24H36N4O5S/c1-15(2)13-19(22(30)27-20(23(31)32)14-17-9-7-6-8-10-17)26-21(29)18(11-12-34-5)28-24(33)25-16(3)4/h6-10,15,18-20H,11-14H2,1-5H3,(H,26,29)(H,27,30)(H,28,33)(H,31,32)/t18-,19-,20-/m0/s1. The second-order valence-corrected chi connectivity index (χ2v) is 9.61. The van der Waals surface area contributed by atoms with Crippen molar-refractivity contribution in [2.75, 3.05) is 12.0 Å². The van der Waals surface area contributed by atoms with Crippen molar-refractivity contribution >= 4 is 41.3 Å². The zero-order valence-corrected chi connectivity index (χ0v) is 21.3. The van der Waals surface area contributed by atoms with E-state index in [1.165, 1.54) is 11.8 Å². The van der Waals surface area contributed by atoms with Gasteiger partial charge in [-0.2, -0.15) is 11.8 Å². The Hall–Kier alpha value is -2.88. The Bertz CT molecular complexity index is 856. The Morgan fingerprint density at radius 1 is 0.941 bits per heavy atom. The quantitative estimate of drug-likeness (QED) is 0.313. The zero-order chi connectivity index (χ0) is 25.7. The van der Waals surface area contributed by atoms with Crippen LogP contribution in [0.2, 0.25) is 0 Å². The first kappa shape index (κ1) is 29.2. The topological polar surface area (TPSA) is 137 Å². The minimum Gasteiger partial charge on any atom is -0.480 e. The van der Waals surface area contributed by atoms with Gasteiger partial charge in [0.1, 0.15) is 18.1 Å². The molecule has 0 bridgehead atoms. The van der Waals surface area contributed by atoms with Crippen LogP contribution in [0.15, 0.2) is 35.3 Å². The fraction of sp³-hybridized carbons (Fsp3) is 0.542. The highest BCUT2D eigenvalue weighted by Crippen LogP contribution is 2.09. The van der Waals surface area contributed by atoms with Crippen LogP contribution in [0.3, 0.4) is 0 Å². The third-order valence-electron chi connectivity index (χ3n) is 4.79. The molecule has 0 unspecified atom stereocenters. The van der Waals surface area contributed by atoms with Gasteiger partial charge in [0.25, 0.3) is 0 Å². The van der Waals surface area contributed by atoms with Crippen molar-refractivity contribution in [1.82, 2.24) is 16.0 Å². The lowest BCUT2D eigenvalue weighted by Crippen LogP contribution is -2.56. The van der Waals surface area contributed by atoms with Gasteiger partial charge in [-0.1, -0.05) is 44.2 Å². The second-order valence-electron chi connectivity index (χ2n) is 8.62. The summed E-state index contributed by atoms with van der Waals surface area (Å²) in [6.45, 7) is 7.15. The molecule has 4 N–H and O–H groups in total. The van der Waals surface area contributed by atoms with Gasteiger partial charge in [0.05, 0.1) is 0 Å². The van der Waals surface area contributed by atoms with Gasteiger partial charge in [-0.15, -0.1) is 0 Å². The Morgan fingerprint density at radius 2 is 1.53 bits per heavy atom. The molecule has 10 heteroatoms. The molecule has 3 atom stereocenters. The van der Waals surface area contributed by atoms with Crippen molar-refractivity contribution in [3.05, 3.63) is 35.9 Å². The summed E-state index contributed by atoms with van der Waals surface area (Å²) >= 11 is 1.53. The first-order valence-electron chi connectivity index (χ1n) is 11.2. The highest BCUT2D eigenvalue weighted by molar-refractivity contribution is 7.98. The number of hydrogen-bond donors (Lipinski definition) is 4. The summed E-state index contributed by atoms with van der Waals surface area (Å²) in [5.41, 5.74) is 1.32. The van der Waals surface area contributed by atoms with Crippen LogP contribution in [0.5, 0.6) is 0 Å². The number of aliphatic imine (C=N–C) groups is 1. The molecule has 34 heavy (non-hydrogen) atoms. The number of rotatable bonds is 13. The average molecular weight is 493 g/mol. The van der Waals surface area contributed by atoms with Gasteiger partial charge >= 0.3 is 12.0 Å². The first-order valence-corrected chi connectivity index (χ1v) is 12.6. The lowest BCUT2D eigenvalue weighted by atomic mass is 10.0. The van der Waals surface area contributed by atoms with Crippen LogP contribution in [-0.2, 0) is 20.8 Å². The van der Waals surface area contributed by atoms with Gasteiger partial charge in [0.15, 0.2) is 0 Å². The molecule has 0 heterocycles. The molecule has 0 saturated carbocycles. The van der Waals surface area contributed by atoms with Gasteiger partial charge in [-0.25, -0.2) is 14.6 Å². The summed E-state index contributed by atoms with van der Waals surface area (Å²) in [5, 5.41) is 17.5. The van der Waals surface area contributed by atoms with Crippen LogP contribution in [0.25, 0.3) is 0 Å². The number of carboxylic acids is 1. The zero-order valence-electron chi connectivity index (χ0n) is 20.5. The molecule has 1 aromatic rings. The van der Waals surface area contributed by atoms with E-state index in [0.717, 1.165) is 5.56 Å². The molecule has 1 rings (SSSR count). The van der Waals surface area contributed by atoms with Crippen molar-refractivity contribution in [3.8, 4) is 0 Å². The fourth-order valence-corrected chi connectivity index (χ4v) is 3.66. The predicted molar refractivity (Wildman–Crippen MR) is 135 cm³/mol. The first-order chi connectivity index (χ1) is 16.0. The molecule has 0 aliphatic carbocycles. The van der Waals surface area contributed by atoms with Gasteiger partial charge in [-0.3, -0.25) is 9.59 Å². The van der Waals surface area contributed by atoms with Crippen molar-refractivity contribution in [3.63, 3.8) is 0 Å². The Kier molecular flexibility index (Phi) is 13.0. The van der Waals surface area contributed by atoms with E-state index in [2.05, 4.69) is 20.9 Å². The van der Waals surface area contributed by atoms with Crippen molar-refractivity contribution < 1.29 is 24.3 Å². The number of hydrogen-bond acceptors (Lipinski definition) is 5. The van der Waals surface area contributed by atoms with Crippen LogP contribution < -0.4 is 16.0 Å². The number of nitrogens with zero attached hydrogens (tertiary/aromatic N) is 1. The number of carbonyl (C=O) groups excluding carboxylic acids is 3. The Balaban J connectivity index is 2.98. The average Bonchev–Trinajstić information content (AvgIpc) is 2.75. The predicted octanol–water partition coefficient (Wildman–Crippen LogP) is 2.64. The summed E-state index contributed by atoms with van der Waals surface area (Å²) in [6, 6.07) is 5.40. The van der Waals surface area contributed by atoms with Crippen LogP contribution in [0.1, 0.15) is 46.1 Å². The van der Waals surface area contributed by atoms with Gasteiger partial charge in [-0.05, 0) is 50.2 Å². The number of urea groups is 1. The molecule has 0 aliphatic rings. The summed E-state index contributed by atoms with van der Waals surface area (Å²) in [4.78, 5) is 53.7. The van der Waals surface area contributed by atoms with Crippen molar-refractivity contribution in [2.24, 2.45) is 10.9 Å². The van der Waals surface area contributed by atoms with E-state index < -0.39 is 41.9 Å². The monoisotopic (exact) mass is 492 g/mol. The number of amides is 4. The molecular formula is C24H36N4O5S. The van der Waals surface area contributed by atoms with Crippen LogP contribution >= 0.6 is 11.8 Å². The highest BCUT2D eigenvalue weighted by atomic mass is 32.2. The van der Waals surface area contributed by atoms with E-state index in [-0.39, 0.29) is 12.3 Å². The van der Waals surface area contributed by atoms with Gasteiger partial charge in [0.2, 0.25) is 11.8 Å². The van der Waals surface area contributed by atoms with Gasteiger partial charge < -0.3 is 21.1 Å². The van der Waals surface area contributed by atoms with E-state index >= 15 is 0 Å². The number of thioether (sulfide) groups is 1. The van der Waals surface area contributed by atoms with Gasteiger partial charge in [0, 0.05) is 12.1 Å². The molecule has 4 amide bonds.